The second-order valence-electron chi connectivity index (χ2n) is 7.00. The Labute approximate surface area is 148 Å². The van der Waals surface area contributed by atoms with Crippen LogP contribution in [0, 0.1) is 6.92 Å². The molecule has 5 rings (SSSR count). The van der Waals surface area contributed by atoms with Gasteiger partial charge in [-0.15, -0.1) is 0 Å². The summed E-state index contributed by atoms with van der Waals surface area (Å²) in [4.78, 5) is 2.39. The molecule has 3 aromatic rings. The average Bonchev–Trinajstić information content (AvgIpc) is 2.65. The van der Waals surface area contributed by atoms with E-state index in [9.17, 15) is 0 Å². The fourth-order valence-corrected chi connectivity index (χ4v) is 4.09. The van der Waals surface area contributed by atoms with Crippen molar-refractivity contribution in [2.24, 2.45) is 0 Å². The van der Waals surface area contributed by atoms with Crippen molar-refractivity contribution in [1.82, 2.24) is 0 Å². The van der Waals surface area contributed by atoms with Crippen molar-refractivity contribution >= 4 is 17.1 Å². The molecular formula is C23H21NO. The summed E-state index contributed by atoms with van der Waals surface area (Å²) in [5.41, 5.74) is 7.77. The molecule has 1 heterocycles. The van der Waals surface area contributed by atoms with E-state index in [1.807, 2.05) is 6.07 Å². The number of benzene rings is 3. The zero-order chi connectivity index (χ0) is 16.8. The predicted octanol–water partition coefficient (Wildman–Crippen LogP) is 6.45. The molecule has 0 unspecified atom stereocenters. The third kappa shape index (κ3) is 2.32. The van der Waals surface area contributed by atoms with Gasteiger partial charge in [-0.25, -0.2) is 0 Å². The first-order valence-electron chi connectivity index (χ1n) is 9.10. The van der Waals surface area contributed by atoms with Gasteiger partial charge in [-0.3, -0.25) is 0 Å². The molecule has 0 bridgehead atoms. The first kappa shape index (κ1) is 14.6. The second kappa shape index (κ2) is 5.66. The Morgan fingerprint density at radius 1 is 0.760 bits per heavy atom. The van der Waals surface area contributed by atoms with E-state index in [2.05, 4.69) is 66.4 Å². The Morgan fingerprint density at radius 3 is 2.52 bits per heavy atom. The van der Waals surface area contributed by atoms with Crippen molar-refractivity contribution in [2.75, 3.05) is 4.90 Å². The molecule has 0 atom stereocenters. The lowest BCUT2D eigenvalue weighted by Gasteiger charge is -2.35. The highest BCUT2D eigenvalue weighted by Gasteiger charge is 2.28. The van der Waals surface area contributed by atoms with Gasteiger partial charge >= 0.3 is 0 Å². The van der Waals surface area contributed by atoms with Crippen LogP contribution >= 0.6 is 0 Å². The van der Waals surface area contributed by atoms with E-state index in [4.69, 9.17) is 4.74 Å². The number of hydrogen-bond donors (Lipinski definition) is 0. The SMILES string of the molecule is Cc1ccc2c(c1)Oc1ccccc1N2c1cccc2c1CCCC2. The Morgan fingerprint density at radius 2 is 1.56 bits per heavy atom. The molecule has 0 amide bonds. The third-order valence-corrected chi connectivity index (χ3v) is 5.29. The van der Waals surface area contributed by atoms with E-state index < -0.39 is 0 Å². The Balaban J connectivity index is 1.77. The van der Waals surface area contributed by atoms with Gasteiger partial charge in [0.25, 0.3) is 0 Å². The van der Waals surface area contributed by atoms with Crippen LogP contribution in [0.3, 0.4) is 0 Å². The molecule has 0 saturated carbocycles. The lowest BCUT2D eigenvalue weighted by molar-refractivity contribution is 0.476. The van der Waals surface area contributed by atoms with Gasteiger partial charge in [-0.2, -0.15) is 0 Å². The van der Waals surface area contributed by atoms with Gasteiger partial charge < -0.3 is 9.64 Å². The number of anilines is 3. The molecule has 2 heteroatoms. The highest BCUT2D eigenvalue weighted by Crippen LogP contribution is 2.51. The maximum atomic E-state index is 6.21. The molecule has 124 valence electrons. The monoisotopic (exact) mass is 327 g/mol. The van der Waals surface area contributed by atoms with Gasteiger partial charge in [0.1, 0.15) is 0 Å². The number of para-hydroxylation sites is 2. The smallest absolute Gasteiger partial charge is 0.151 e. The van der Waals surface area contributed by atoms with Crippen molar-refractivity contribution in [2.45, 2.75) is 32.6 Å². The summed E-state index contributed by atoms with van der Waals surface area (Å²) in [7, 11) is 0. The van der Waals surface area contributed by atoms with Crippen LogP contribution in [0.4, 0.5) is 17.1 Å². The highest BCUT2D eigenvalue weighted by molar-refractivity contribution is 5.87. The largest absolute Gasteiger partial charge is 0.453 e. The maximum Gasteiger partial charge on any atom is 0.151 e. The summed E-state index contributed by atoms with van der Waals surface area (Å²) in [6.07, 6.45) is 4.92. The van der Waals surface area contributed by atoms with Crippen LogP contribution in [0.25, 0.3) is 0 Å². The molecule has 0 N–H and O–H groups in total. The van der Waals surface area contributed by atoms with Crippen molar-refractivity contribution in [3.63, 3.8) is 0 Å². The van der Waals surface area contributed by atoms with Crippen LogP contribution in [0.5, 0.6) is 11.5 Å². The topological polar surface area (TPSA) is 12.5 Å². The Bertz CT molecular complexity index is 960. The molecule has 3 aromatic carbocycles. The molecule has 0 aromatic heterocycles. The van der Waals surface area contributed by atoms with E-state index in [0.29, 0.717) is 0 Å². The molecule has 0 saturated heterocycles. The third-order valence-electron chi connectivity index (χ3n) is 5.29. The van der Waals surface area contributed by atoms with Crippen LogP contribution in [0.1, 0.15) is 29.5 Å². The van der Waals surface area contributed by atoms with Crippen LogP contribution in [-0.4, -0.2) is 0 Å². The van der Waals surface area contributed by atoms with Crippen molar-refractivity contribution in [1.29, 1.82) is 0 Å². The van der Waals surface area contributed by atoms with E-state index in [1.165, 1.54) is 41.6 Å². The molecule has 25 heavy (non-hydrogen) atoms. The normalized spacial score (nSPS) is 15.0. The quantitative estimate of drug-likeness (QED) is 0.398. The van der Waals surface area contributed by atoms with Gasteiger partial charge in [0.15, 0.2) is 11.5 Å². The molecule has 1 aliphatic heterocycles. The summed E-state index contributed by atoms with van der Waals surface area (Å²) < 4.78 is 6.21. The van der Waals surface area contributed by atoms with E-state index in [0.717, 1.165) is 29.3 Å². The number of nitrogens with zero attached hydrogens (tertiary/aromatic N) is 1. The summed E-state index contributed by atoms with van der Waals surface area (Å²) >= 11 is 0. The van der Waals surface area contributed by atoms with Gasteiger partial charge in [0.05, 0.1) is 11.4 Å². The van der Waals surface area contributed by atoms with Crippen molar-refractivity contribution in [3.8, 4) is 11.5 Å². The number of fused-ring (bicyclic) bond motifs is 3. The minimum atomic E-state index is 0.925. The van der Waals surface area contributed by atoms with Crippen LogP contribution < -0.4 is 9.64 Å². The average molecular weight is 327 g/mol. The number of aryl methyl sites for hydroxylation is 2. The molecular weight excluding hydrogens is 306 g/mol. The lowest BCUT2D eigenvalue weighted by Crippen LogP contribution is -2.19. The number of hydrogen-bond acceptors (Lipinski definition) is 2. The first-order chi connectivity index (χ1) is 12.3. The Kier molecular flexibility index (Phi) is 3.30. The summed E-state index contributed by atoms with van der Waals surface area (Å²) in [6.45, 7) is 2.11. The summed E-state index contributed by atoms with van der Waals surface area (Å²) in [5, 5.41) is 0. The van der Waals surface area contributed by atoms with Crippen molar-refractivity contribution in [3.05, 3.63) is 77.4 Å². The van der Waals surface area contributed by atoms with Crippen LogP contribution in [-0.2, 0) is 12.8 Å². The zero-order valence-corrected chi connectivity index (χ0v) is 14.5. The lowest BCUT2D eigenvalue weighted by atomic mass is 9.89. The minimum absolute atomic E-state index is 0.925. The standard InChI is InChI=1S/C23H21NO/c1-16-13-14-21-23(15-16)25-22-12-5-4-10-20(22)24(21)19-11-6-8-17-7-2-3-9-18(17)19/h4-6,8,10-15H,2-3,7,9H2,1H3. The van der Waals surface area contributed by atoms with Crippen LogP contribution in [0.2, 0.25) is 0 Å². The van der Waals surface area contributed by atoms with Gasteiger partial charge in [-0.1, -0.05) is 30.3 Å². The van der Waals surface area contributed by atoms with Crippen molar-refractivity contribution < 1.29 is 4.74 Å². The van der Waals surface area contributed by atoms with Gasteiger partial charge in [0.2, 0.25) is 0 Å². The second-order valence-corrected chi connectivity index (χ2v) is 7.00. The number of ether oxygens (including phenoxy) is 1. The summed E-state index contributed by atoms with van der Waals surface area (Å²) in [6, 6.07) is 21.6. The first-order valence-corrected chi connectivity index (χ1v) is 9.10. The molecule has 2 nitrogen and oxygen atoms in total. The van der Waals surface area contributed by atoms with Crippen LogP contribution in [0.15, 0.2) is 60.7 Å². The fraction of sp³-hybridized carbons (Fsp3) is 0.217. The van der Waals surface area contributed by atoms with Gasteiger partial charge in [0, 0.05) is 5.69 Å². The molecule has 2 aliphatic rings. The summed E-state index contributed by atoms with van der Waals surface area (Å²) in [5.74, 6) is 1.86. The molecule has 0 radical (unpaired) electrons. The zero-order valence-electron chi connectivity index (χ0n) is 14.5. The van der Waals surface area contributed by atoms with E-state index in [-0.39, 0.29) is 0 Å². The molecule has 1 aliphatic carbocycles. The number of rotatable bonds is 1. The Hall–Kier alpha value is -2.74. The van der Waals surface area contributed by atoms with Gasteiger partial charge in [-0.05, 0) is 79.6 Å². The van der Waals surface area contributed by atoms with E-state index in [1.54, 1.807) is 0 Å². The predicted molar refractivity (Wildman–Crippen MR) is 103 cm³/mol. The minimum Gasteiger partial charge on any atom is -0.453 e. The highest BCUT2D eigenvalue weighted by atomic mass is 16.5. The molecule has 0 spiro atoms. The maximum absolute atomic E-state index is 6.21. The molecule has 0 fully saturated rings. The fourth-order valence-electron chi connectivity index (χ4n) is 4.09. The van der Waals surface area contributed by atoms with E-state index >= 15 is 0 Å².